The predicted octanol–water partition coefficient (Wildman–Crippen LogP) is 4.76. The summed E-state index contributed by atoms with van der Waals surface area (Å²) in [5.74, 6) is 0.509. The molecule has 3 heterocycles. The molecule has 0 spiro atoms. The smallest absolute Gasteiger partial charge is 0.260 e. The number of aromatic nitrogens is 2. The molecule has 1 aliphatic heterocycles. The van der Waals surface area contributed by atoms with E-state index in [1.54, 1.807) is 6.07 Å². The first kappa shape index (κ1) is 21.3. The molecule has 1 aliphatic rings. The third-order valence-corrected chi connectivity index (χ3v) is 7.05. The molecular formula is C24H22ClFN4OS. The van der Waals surface area contributed by atoms with E-state index in [-0.39, 0.29) is 11.4 Å². The molecule has 32 heavy (non-hydrogen) atoms. The summed E-state index contributed by atoms with van der Waals surface area (Å²) in [4.78, 5) is 25.8. The predicted molar refractivity (Wildman–Crippen MR) is 128 cm³/mol. The van der Waals surface area contributed by atoms with Crippen molar-refractivity contribution in [2.24, 2.45) is 0 Å². The summed E-state index contributed by atoms with van der Waals surface area (Å²) >= 11 is 7.80. The van der Waals surface area contributed by atoms with Gasteiger partial charge in [-0.15, -0.1) is 11.3 Å². The maximum atomic E-state index is 13.9. The third kappa shape index (κ3) is 4.34. The minimum Gasteiger partial charge on any atom is -0.309 e. The van der Waals surface area contributed by atoms with Crippen molar-refractivity contribution in [1.29, 1.82) is 0 Å². The van der Waals surface area contributed by atoms with Gasteiger partial charge in [0.05, 0.1) is 11.9 Å². The van der Waals surface area contributed by atoms with Crippen LogP contribution in [0.15, 0.2) is 58.7 Å². The Balaban J connectivity index is 1.28. The standard InChI is InChI=1S/C24H22ClFN4OS/c25-19-7-3-2-6-17(19)18-15-32-24-22(18)23(31)27-21(28-24)14-30-11-9-29(10-12-30)13-16-5-1-4-8-20(16)26/h1-8,15H,9-14H2,(H,27,28,31). The van der Waals surface area contributed by atoms with Crippen molar-refractivity contribution in [1.82, 2.24) is 19.8 Å². The summed E-state index contributed by atoms with van der Waals surface area (Å²) < 4.78 is 13.9. The molecule has 5 rings (SSSR count). The van der Waals surface area contributed by atoms with Crippen LogP contribution in [0.1, 0.15) is 11.4 Å². The van der Waals surface area contributed by atoms with Crippen molar-refractivity contribution in [3.05, 3.63) is 86.5 Å². The summed E-state index contributed by atoms with van der Waals surface area (Å²) in [5.41, 5.74) is 2.24. The Morgan fingerprint density at radius 1 is 0.969 bits per heavy atom. The molecule has 0 atom stereocenters. The van der Waals surface area contributed by atoms with E-state index >= 15 is 0 Å². The van der Waals surface area contributed by atoms with E-state index in [0.29, 0.717) is 29.3 Å². The molecular weight excluding hydrogens is 447 g/mol. The number of rotatable bonds is 5. The van der Waals surface area contributed by atoms with Crippen molar-refractivity contribution < 1.29 is 4.39 Å². The first-order valence-corrected chi connectivity index (χ1v) is 11.8. The van der Waals surface area contributed by atoms with Crippen LogP contribution < -0.4 is 5.56 Å². The van der Waals surface area contributed by atoms with Crippen molar-refractivity contribution in [2.75, 3.05) is 26.2 Å². The molecule has 0 radical (unpaired) electrons. The Labute approximate surface area is 194 Å². The Bertz CT molecular complexity index is 1310. The van der Waals surface area contributed by atoms with Gasteiger partial charge in [-0.25, -0.2) is 9.37 Å². The number of hydrogen-bond acceptors (Lipinski definition) is 5. The molecule has 4 aromatic rings. The zero-order valence-electron chi connectivity index (χ0n) is 17.4. The molecule has 5 nitrogen and oxygen atoms in total. The number of thiophene rings is 1. The highest BCUT2D eigenvalue weighted by atomic mass is 35.5. The van der Waals surface area contributed by atoms with Crippen LogP contribution in [0.4, 0.5) is 4.39 Å². The summed E-state index contributed by atoms with van der Waals surface area (Å²) in [5, 5.41) is 3.14. The molecule has 0 saturated carbocycles. The van der Waals surface area contributed by atoms with Crippen LogP contribution >= 0.6 is 22.9 Å². The molecule has 8 heteroatoms. The molecule has 1 fully saturated rings. The Hall–Kier alpha value is -2.58. The maximum absolute atomic E-state index is 13.9. The number of piperazine rings is 1. The second-order valence-electron chi connectivity index (χ2n) is 7.97. The Morgan fingerprint density at radius 3 is 2.41 bits per heavy atom. The summed E-state index contributed by atoms with van der Waals surface area (Å²) in [6.45, 7) is 4.56. The fraction of sp³-hybridized carbons (Fsp3) is 0.250. The van der Waals surface area contributed by atoms with Gasteiger partial charge in [0.25, 0.3) is 5.56 Å². The van der Waals surface area contributed by atoms with E-state index in [9.17, 15) is 9.18 Å². The molecule has 0 bridgehead atoms. The zero-order valence-corrected chi connectivity index (χ0v) is 18.9. The lowest BCUT2D eigenvalue weighted by Crippen LogP contribution is -2.45. The van der Waals surface area contributed by atoms with Gasteiger partial charge in [0.15, 0.2) is 0 Å². The van der Waals surface area contributed by atoms with Crippen molar-refractivity contribution in [2.45, 2.75) is 13.1 Å². The second-order valence-corrected chi connectivity index (χ2v) is 9.23. The van der Waals surface area contributed by atoms with E-state index in [4.69, 9.17) is 16.6 Å². The molecule has 0 unspecified atom stereocenters. The number of H-pyrrole nitrogens is 1. The van der Waals surface area contributed by atoms with Crippen molar-refractivity contribution >= 4 is 33.2 Å². The van der Waals surface area contributed by atoms with Gasteiger partial charge in [-0.3, -0.25) is 14.6 Å². The highest BCUT2D eigenvalue weighted by Gasteiger charge is 2.20. The molecule has 2 aromatic heterocycles. The van der Waals surface area contributed by atoms with Gasteiger partial charge in [-0.1, -0.05) is 48.0 Å². The van der Waals surface area contributed by atoms with E-state index in [1.165, 1.54) is 17.4 Å². The Kier molecular flexibility index (Phi) is 6.06. The van der Waals surface area contributed by atoms with E-state index < -0.39 is 0 Å². The van der Waals surface area contributed by atoms with Crippen LogP contribution in [0.2, 0.25) is 5.02 Å². The number of fused-ring (bicyclic) bond motifs is 1. The monoisotopic (exact) mass is 468 g/mol. The van der Waals surface area contributed by atoms with Crippen LogP contribution in [0.25, 0.3) is 21.3 Å². The van der Waals surface area contributed by atoms with Gasteiger partial charge in [0, 0.05) is 59.8 Å². The molecule has 0 aliphatic carbocycles. The van der Waals surface area contributed by atoms with Crippen LogP contribution in [-0.2, 0) is 13.1 Å². The fourth-order valence-electron chi connectivity index (χ4n) is 4.13. The number of nitrogens with zero attached hydrogens (tertiary/aromatic N) is 3. The van der Waals surface area contributed by atoms with Gasteiger partial charge in [0.2, 0.25) is 0 Å². The number of benzene rings is 2. The molecule has 1 saturated heterocycles. The lowest BCUT2D eigenvalue weighted by molar-refractivity contribution is 0.119. The number of nitrogens with one attached hydrogen (secondary N) is 1. The first-order chi connectivity index (χ1) is 15.6. The normalized spacial score (nSPS) is 15.4. The SMILES string of the molecule is O=c1[nH]c(CN2CCN(Cc3ccccc3F)CC2)nc2scc(-c3ccccc3Cl)c12. The summed E-state index contributed by atoms with van der Waals surface area (Å²) in [7, 11) is 0. The highest BCUT2D eigenvalue weighted by molar-refractivity contribution is 7.17. The molecule has 0 amide bonds. The van der Waals surface area contributed by atoms with Crippen LogP contribution in [0, 0.1) is 5.82 Å². The van der Waals surface area contributed by atoms with Crippen LogP contribution in [0.3, 0.4) is 0 Å². The Morgan fingerprint density at radius 2 is 1.66 bits per heavy atom. The van der Waals surface area contributed by atoms with Gasteiger partial charge < -0.3 is 4.98 Å². The summed E-state index contributed by atoms with van der Waals surface area (Å²) in [6.07, 6.45) is 0. The van der Waals surface area contributed by atoms with Gasteiger partial charge in [0.1, 0.15) is 16.5 Å². The maximum Gasteiger partial charge on any atom is 0.260 e. The summed E-state index contributed by atoms with van der Waals surface area (Å²) in [6, 6.07) is 14.4. The molecule has 1 N–H and O–H groups in total. The molecule has 164 valence electrons. The van der Waals surface area contributed by atoms with Crippen molar-refractivity contribution in [3.63, 3.8) is 0 Å². The quantitative estimate of drug-likeness (QED) is 0.458. The average Bonchev–Trinajstić information content (AvgIpc) is 3.21. The average molecular weight is 469 g/mol. The number of halogens is 2. The first-order valence-electron chi connectivity index (χ1n) is 10.5. The highest BCUT2D eigenvalue weighted by Crippen LogP contribution is 2.34. The number of aromatic amines is 1. The van der Waals surface area contributed by atoms with E-state index in [0.717, 1.165) is 47.7 Å². The van der Waals surface area contributed by atoms with E-state index in [1.807, 2.05) is 41.8 Å². The third-order valence-electron chi connectivity index (χ3n) is 5.85. The minimum absolute atomic E-state index is 0.139. The second kappa shape index (κ2) is 9.11. The van der Waals surface area contributed by atoms with Gasteiger partial charge >= 0.3 is 0 Å². The zero-order chi connectivity index (χ0) is 22.1. The van der Waals surface area contributed by atoms with Crippen LogP contribution in [-0.4, -0.2) is 45.9 Å². The number of hydrogen-bond donors (Lipinski definition) is 1. The van der Waals surface area contributed by atoms with E-state index in [2.05, 4.69) is 14.8 Å². The van der Waals surface area contributed by atoms with Crippen molar-refractivity contribution in [3.8, 4) is 11.1 Å². The fourth-order valence-corrected chi connectivity index (χ4v) is 5.33. The molecule has 2 aromatic carbocycles. The topological polar surface area (TPSA) is 52.2 Å². The van der Waals surface area contributed by atoms with Gasteiger partial charge in [-0.05, 0) is 12.1 Å². The lowest BCUT2D eigenvalue weighted by Gasteiger charge is -2.34. The van der Waals surface area contributed by atoms with Crippen LogP contribution in [0.5, 0.6) is 0 Å². The minimum atomic E-state index is -0.155. The lowest BCUT2D eigenvalue weighted by atomic mass is 10.1. The van der Waals surface area contributed by atoms with Gasteiger partial charge in [-0.2, -0.15) is 0 Å². The largest absolute Gasteiger partial charge is 0.309 e.